The second kappa shape index (κ2) is 4.96. The van der Waals surface area contributed by atoms with Crippen molar-refractivity contribution >= 4 is 16.9 Å². The first-order valence-corrected chi connectivity index (χ1v) is 6.01. The molecule has 100 valence electrons. The largest absolute Gasteiger partial charge is 0.352 e. The van der Waals surface area contributed by atoms with Crippen molar-refractivity contribution in [2.24, 2.45) is 5.73 Å². The highest BCUT2D eigenvalue weighted by atomic mass is 16.2. The molecule has 0 bridgehead atoms. The highest BCUT2D eigenvalue weighted by Crippen LogP contribution is 2.16. The number of benzene rings is 1. The molecule has 0 aliphatic carbocycles. The summed E-state index contributed by atoms with van der Waals surface area (Å²) in [5.74, 6) is 0.596. The second-order valence-electron chi connectivity index (χ2n) is 4.19. The number of nitrogens with zero attached hydrogens (tertiary/aromatic N) is 4. The number of hydrogen-bond donors (Lipinski definition) is 2. The summed E-state index contributed by atoms with van der Waals surface area (Å²) in [6.07, 6.45) is 3.17. The minimum absolute atomic E-state index is 0.218. The molecule has 2 amide bonds. The zero-order chi connectivity index (χ0) is 13.9. The van der Waals surface area contributed by atoms with Crippen LogP contribution in [0.15, 0.2) is 42.9 Å². The van der Waals surface area contributed by atoms with Gasteiger partial charge in [0, 0.05) is 11.6 Å². The highest BCUT2D eigenvalue weighted by Gasteiger charge is 2.08. The Labute approximate surface area is 114 Å². The van der Waals surface area contributed by atoms with Crippen LogP contribution < -0.4 is 11.1 Å². The van der Waals surface area contributed by atoms with Crippen LogP contribution in [0.2, 0.25) is 0 Å². The van der Waals surface area contributed by atoms with Crippen LogP contribution in [0.3, 0.4) is 0 Å². The van der Waals surface area contributed by atoms with Gasteiger partial charge in [-0.15, -0.1) is 0 Å². The number of carbonyl (C=O) groups excluding carboxylic acids is 1. The fourth-order valence-corrected chi connectivity index (χ4v) is 1.95. The minimum Gasteiger partial charge on any atom is -0.352 e. The number of carbonyl (C=O) groups is 1. The van der Waals surface area contributed by atoms with Crippen molar-refractivity contribution in [2.75, 3.05) is 0 Å². The lowest BCUT2D eigenvalue weighted by molar-refractivity contribution is 0.248. The van der Waals surface area contributed by atoms with E-state index in [9.17, 15) is 4.79 Å². The molecule has 3 rings (SSSR count). The second-order valence-corrected chi connectivity index (χ2v) is 4.19. The first kappa shape index (κ1) is 12.1. The standard InChI is InChI=1S/C13H12N6O/c14-13(20)16-7-12-17-8-18-19(12)10-4-3-9-2-1-5-15-11(9)6-10/h1-6,8H,7H2,(H3,14,16,20). The Bertz CT molecular complexity index is 766. The van der Waals surface area contributed by atoms with E-state index < -0.39 is 6.03 Å². The molecule has 0 aliphatic heterocycles. The third-order valence-corrected chi connectivity index (χ3v) is 2.87. The van der Waals surface area contributed by atoms with Crippen LogP contribution in [0, 0.1) is 0 Å². The van der Waals surface area contributed by atoms with E-state index in [0.717, 1.165) is 16.6 Å². The quantitative estimate of drug-likeness (QED) is 0.739. The minimum atomic E-state index is -0.597. The fraction of sp³-hybridized carbons (Fsp3) is 0.0769. The van der Waals surface area contributed by atoms with E-state index in [0.29, 0.717) is 5.82 Å². The van der Waals surface area contributed by atoms with Crippen LogP contribution in [0.1, 0.15) is 5.82 Å². The topological polar surface area (TPSA) is 98.7 Å². The molecule has 2 heterocycles. The monoisotopic (exact) mass is 268 g/mol. The Morgan fingerprint density at radius 3 is 3.05 bits per heavy atom. The maximum atomic E-state index is 10.8. The number of amides is 2. The van der Waals surface area contributed by atoms with Gasteiger partial charge in [0.2, 0.25) is 0 Å². The molecule has 7 nitrogen and oxygen atoms in total. The molecular formula is C13H12N6O. The van der Waals surface area contributed by atoms with Crippen molar-refractivity contribution in [3.8, 4) is 5.69 Å². The molecule has 0 unspecified atom stereocenters. The Morgan fingerprint density at radius 1 is 1.30 bits per heavy atom. The average Bonchev–Trinajstić information content (AvgIpc) is 2.93. The van der Waals surface area contributed by atoms with Crippen LogP contribution >= 0.6 is 0 Å². The van der Waals surface area contributed by atoms with Gasteiger partial charge < -0.3 is 11.1 Å². The number of urea groups is 1. The molecule has 0 fully saturated rings. The molecule has 20 heavy (non-hydrogen) atoms. The van der Waals surface area contributed by atoms with Crippen molar-refractivity contribution in [2.45, 2.75) is 6.54 Å². The normalized spacial score (nSPS) is 10.6. The van der Waals surface area contributed by atoms with Gasteiger partial charge in [0.1, 0.15) is 6.33 Å². The van der Waals surface area contributed by atoms with Gasteiger partial charge >= 0.3 is 6.03 Å². The molecule has 0 radical (unpaired) electrons. The molecule has 3 aromatic rings. The van der Waals surface area contributed by atoms with E-state index in [4.69, 9.17) is 5.73 Å². The summed E-state index contributed by atoms with van der Waals surface area (Å²) in [6, 6.07) is 9.08. The zero-order valence-electron chi connectivity index (χ0n) is 10.5. The third-order valence-electron chi connectivity index (χ3n) is 2.87. The molecular weight excluding hydrogens is 256 g/mol. The summed E-state index contributed by atoms with van der Waals surface area (Å²) in [5.41, 5.74) is 6.75. The number of aromatic nitrogens is 4. The predicted molar refractivity (Wildman–Crippen MR) is 73.1 cm³/mol. The van der Waals surface area contributed by atoms with Gasteiger partial charge in [0.15, 0.2) is 5.82 Å². The summed E-state index contributed by atoms with van der Waals surface area (Å²) in [4.78, 5) is 19.2. The van der Waals surface area contributed by atoms with E-state index in [2.05, 4.69) is 20.4 Å². The van der Waals surface area contributed by atoms with Crippen molar-refractivity contribution in [1.29, 1.82) is 0 Å². The molecule has 7 heteroatoms. The van der Waals surface area contributed by atoms with Gasteiger partial charge in [-0.1, -0.05) is 12.1 Å². The summed E-state index contributed by atoms with van der Waals surface area (Å²) < 4.78 is 1.64. The molecule has 0 atom stereocenters. The summed E-state index contributed by atoms with van der Waals surface area (Å²) in [5, 5.41) is 7.70. The van der Waals surface area contributed by atoms with Gasteiger partial charge in [0.25, 0.3) is 0 Å². The first-order valence-electron chi connectivity index (χ1n) is 6.01. The predicted octanol–water partition coefficient (Wildman–Crippen LogP) is 0.984. The van der Waals surface area contributed by atoms with E-state index >= 15 is 0 Å². The maximum absolute atomic E-state index is 10.8. The number of nitrogens with two attached hydrogens (primary N) is 1. The number of nitrogens with one attached hydrogen (secondary N) is 1. The van der Waals surface area contributed by atoms with E-state index in [-0.39, 0.29) is 6.54 Å². The number of rotatable bonds is 3. The first-order chi connectivity index (χ1) is 9.74. The smallest absolute Gasteiger partial charge is 0.312 e. The molecule has 1 aromatic carbocycles. The Hall–Kier alpha value is -2.96. The number of primary amides is 1. The molecule has 2 aromatic heterocycles. The molecule has 0 saturated heterocycles. The number of hydrogen-bond acceptors (Lipinski definition) is 4. The Morgan fingerprint density at radius 2 is 2.20 bits per heavy atom. The maximum Gasteiger partial charge on any atom is 0.312 e. The lowest BCUT2D eigenvalue weighted by Crippen LogP contribution is -2.29. The van der Waals surface area contributed by atoms with Crippen LogP contribution in [0.25, 0.3) is 16.6 Å². The lowest BCUT2D eigenvalue weighted by atomic mass is 10.2. The molecule has 3 N–H and O–H groups in total. The summed E-state index contributed by atoms with van der Waals surface area (Å²) in [7, 11) is 0. The van der Waals surface area contributed by atoms with E-state index in [1.54, 1.807) is 10.9 Å². The highest BCUT2D eigenvalue weighted by molar-refractivity contribution is 5.80. The number of fused-ring (bicyclic) bond motifs is 1. The Kier molecular flexibility index (Phi) is 3.00. The van der Waals surface area contributed by atoms with Crippen molar-refractivity contribution in [1.82, 2.24) is 25.1 Å². The van der Waals surface area contributed by atoms with Crippen molar-refractivity contribution < 1.29 is 4.79 Å². The lowest BCUT2D eigenvalue weighted by Gasteiger charge is -2.07. The van der Waals surface area contributed by atoms with Crippen LogP contribution in [0.5, 0.6) is 0 Å². The van der Waals surface area contributed by atoms with E-state index in [1.807, 2.05) is 30.3 Å². The molecule has 0 spiro atoms. The van der Waals surface area contributed by atoms with Gasteiger partial charge in [-0.25, -0.2) is 14.5 Å². The van der Waals surface area contributed by atoms with Crippen molar-refractivity contribution in [3.63, 3.8) is 0 Å². The van der Waals surface area contributed by atoms with Crippen LogP contribution in [-0.2, 0) is 6.54 Å². The average molecular weight is 268 g/mol. The number of pyridine rings is 1. The van der Waals surface area contributed by atoms with E-state index in [1.165, 1.54) is 6.33 Å². The fourth-order valence-electron chi connectivity index (χ4n) is 1.95. The van der Waals surface area contributed by atoms with Crippen LogP contribution in [-0.4, -0.2) is 25.8 Å². The van der Waals surface area contributed by atoms with Crippen LogP contribution in [0.4, 0.5) is 4.79 Å². The summed E-state index contributed by atoms with van der Waals surface area (Å²) in [6.45, 7) is 0.218. The third kappa shape index (κ3) is 2.28. The van der Waals surface area contributed by atoms with Gasteiger partial charge in [-0.05, 0) is 18.2 Å². The Balaban J connectivity index is 1.98. The summed E-state index contributed by atoms with van der Waals surface area (Å²) >= 11 is 0. The SMILES string of the molecule is NC(=O)NCc1ncnn1-c1ccc2cccnc2c1. The molecule has 0 aliphatic rings. The van der Waals surface area contributed by atoms with Gasteiger partial charge in [0.05, 0.1) is 17.7 Å². The van der Waals surface area contributed by atoms with Gasteiger partial charge in [-0.3, -0.25) is 4.98 Å². The van der Waals surface area contributed by atoms with Gasteiger partial charge in [-0.2, -0.15) is 5.10 Å². The zero-order valence-corrected chi connectivity index (χ0v) is 10.5. The molecule has 0 saturated carbocycles. The van der Waals surface area contributed by atoms with Crippen molar-refractivity contribution in [3.05, 3.63) is 48.7 Å².